The third-order valence-corrected chi connectivity index (χ3v) is 1.56. The van der Waals surface area contributed by atoms with E-state index in [0.29, 0.717) is 6.42 Å². The van der Waals surface area contributed by atoms with Crippen LogP contribution in [0.4, 0.5) is 13.2 Å². The summed E-state index contributed by atoms with van der Waals surface area (Å²) in [5.74, 6) is -0.721. The standard InChI is InChI=1S/C7H10F3NO/c1-2-5(4-11)3-6(12)7(8,9)10/h5-6,12H,2-3H2,1H3/t5-,6+/m1/s1. The predicted octanol–water partition coefficient (Wildman–Crippen LogP) is 1.85. The van der Waals surface area contributed by atoms with Crippen molar-refractivity contribution in [3.63, 3.8) is 0 Å². The van der Waals surface area contributed by atoms with E-state index in [1.54, 1.807) is 13.0 Å². The second-order valence-corrected chi connectivity index (χ2v) is 2.53. The van der Waals surface area contributed by atoms with Crippen molar-refractivity contribution in [1.82, 2.24) is 0 Å². The van der Waals surface area contributed by atoms with Crippen molar-refractivity contribution in [3.05, 3.63) is 0 Å². The number of nitrogens with zero attached hydrogens (tertiary/aromatic N) is 1. The number of hydrogen-bond donors (Lipinski definition) is 1. The number of halogens is 3. The first-order valence-electron chi connectivity index (χ1n) is 3.56. The summed E-state index contributed by atoms with van der Waals surface area (Å²) in [4.78, 5) is 0. The molecule has 0 spiro atoms. The molecule has 0 bridgehead atoms. The topological polar surface area (TPSA) is 44.0 Å². The highest BCUT2D eigenvalue weighted by Gasteiger charge is 2.39. The number of hydrogen-bond acceptors (Lipinski definition) is 2. The van der Waals surface area contributed by atoms with Crippen LogP contribution in [-0.2, 0) is 0 Å². The molecule has 0 aliphatic heterocycles. The van der Waals surface area contributed by atoms with E-state index in [9.17, 15) is 13.2 Å². The van der Waals surface area contributed by atoms with Gasteiger partial charge in [-0.1, -0.05) is 6.92 Å². The molecule has 0 heterocycles. The monoisotopic (exact) mass is 181 g/mol. The molecule has 5 heteroatoms. The molecule has 0 saturated heterocycles. The normalized spacial score (nSPS) is 16.7. The molecule has 0 radical (unpaired) electrons. The van der Waals surface area contributed by atoms with Gasteiger partial charge >= 0.3 is 6.18 Å². The van der Waals surface area contributed by atoms with Crippen LogP contribution in [0.15, 0.2) is 0 Å². The quantitative estimate of drug-likeness (QED) is 0.722. The third-order valence-electron chi connectivity index (χ3n) is 1.56. The highest BCUT2D eigenvalue weighted by Crippen LogP contribution is 2.25. The van der Waals surface area contributed by atoms with Crippen LogP contribution in [0.25, 0.3) is 0 Å². The molecule has 0 rings (SSSR count). The van der Waals surface area contributed by atoms with Crippen molar-refractivity contribution >= 4 is 0 Å². The Balaban J connectivity index is 4.01. The van der Waals surface area contributed by atoms with Gasteiger partial charge in [0.2, 0.25) is 0 Å². The second kappa shape index (κ2) is 4.31. The summed E-state index contributed by atoms with van der Waals surface area (Å²) >= 11 is 0. The van der Waals surface area contributed by atoms with Gasteiger partial charge in [-0.15, -0.1) is 0 Å². The molecule has 0 fully saturated rings. The number of rotatable bonds is 3. The van der Waals surface area contributed by atoms with Crippen LogP contribution in [0, 0.1) is 17.2 Å². The number of nitriles is 1. The molecule has 0 aromatic rings. The van der Waals surface area contributed by atoms with Gasteiger partial charge < -0.3 is 5.11 Å². The van der Waals surface area contributed by atoms with E-state index in [2.05, 4.69) is 0 Å². The second-order valence-electron chi connectivity index (χ2n) is 2.53. The van der Waals surface area contributed by atoms with Gasteiger partial charge in [0.1, 0.15) is 0 Å². The van der Waals surface area contributed by atoms with Crippen molar-refractivity contribution in [2.75, 3.05) is 0 Å². The number of aliphatic hydroxyl groups excluding tert-OH is 1. The molecule has 0 unspecified atom stereocenters. The highest BCUT2D eigenvalue weighted by molar-refractivity contribution is 4.85. The summed E-state index contributed by atoms with van der Waals surface area (Å²) in [5.41, 5.74) is 0. The molecule has 0 aliphatic carbocycles. The van der Waals surface area contributed by atoms with E-state index in [1.165, 1.54) is 0 Å². The van der Waals surface area contributed by atoms with Gasteiger partial charge in [0.05, 0.1) is 6.07 Å². The summed E-state index contributed by atoms with van der Waals surface area (Å²) in [5, 5.41) is 16.9. The molecule has 0 amide bonds. The highest BCUT2D eigenvalue weighted by atomic mass is 19.4. The van der Waals surface area contributed by atoms with E-state index in [1.807, 2.05) is 0 Å². The average molecular weight is 181 g/mol. The Kier molecular flexibility index (Phi) is 4.04. The lowest BCUT2D eigenvalue weighted by Crippen LogP contribution is -2.30. The molecule has 0 aromatic heterocycles. The van der Waals surface area contributed by atoms with E-state index in [-0.39, 0.29) is 0 Å². The SMILES string of the molecule is CC[C@@H](C#N)C[C@H](O)C(F)(F)F. The fraction of sp³-hybridized carbons (Fsp3) is 0.857. The zero-order valence-corrected chi connectivity index (χ0v) is 6.60. The maximum atomic E-state index is 11.7. The molecule has 1 N–H and O–H groups in total. The van der Waals surface area contributed by atoms with Crippen LogP contribution in [0.5, 0.6) is 0 Å². The van der Waals surface area contributed by atoms with Gasteiger partial charge in [-0.3, -0.25) is 0 Å². The fourth-order valence-corrected chi connectivity index (χ4v) is 0.714. The smallest absolute Gasteiger partial charge is 0.384 e. The van der Waals surface area contributed by atoms with E-state index in [0.717, 1.165) is 0 Å². The van der Waals surface area contributed by atoms with Crippen molar-refractivity contribution in [2.24, 2.45) is 5.92 Å². The van der Waals surface area contributed by atoms with Crippen LogP contribution in [-0.4, -0.2) is 17.4 Å². The summed E-state index contributed by atoms with van der Waals surface area (Å²) in [6.07, 6.45) is -7.19. The lowest BCUT2D eigenvalue weighted by molar-refractivity contribution is -0.207. The zero-order valence-electron chi connectivity index (χ0n) is 6.60. The van der Waals surface area contributed by atoms with Crippen LogP contribution in [0.3, 0.4) is 0 Å². The Labute approximate surface area is 68.6 Å². The molecule has 70 valence electrons. The van der Waals surface area contributed by atoms with E-state index in [4.69, 9.17) is 10.4 Å². The van der Waals surface area contributed by atoms with Crippen molar-refractivity contribution in [3.8, 4) is 6.07 Å². The maximum Gasteiger partial charge on any atom is 0.414 e. The molecule has 2 atom stereocenters. The maximum absolute atomic E-state index is 11.7. The van der Waals surface area contributed by atoms with Gasteiger partial charge in [0.25, 0.3) is 0 Å². The predicted molar refractivity (Wildman–Crippen MR) is 36.1 cm³/mol. The van der Waals surface area contributed by atoms with E-state index >= 15 is 0 Å². The first-order chi connectivity index (χ1) is 5.41. The molecular formula is C7H10F3NO. The van der Waals surface area contributed by atoms with Crippen LogP contribution in [0.1, 0.15) is 19.8 Å². The summed E-state index contributed by atoms with van der Waals surface area (Å²) in [6.45, 7) is 1.61. The Morgan fingerprint density at radius 1 is 1.50 bits per heavy atom. The Bertz CT molecular complexity index is 172. The molecule has 0 aliphatic rings. The van der Waals surface area contributed by atoms with Gasteiger partial charge in [0.15, 0.2) is 6.10 Å². The number of alkyl halides is 3. The lowest BCUT2D eigenvalue weighted by atomic mass is 10.0. The van der Waals surface area contributed by atoms with Crippen LogP contribution < -0.4 is 0 Å². The number of aliphatic hydroxyl groups is 1. The largest absolute Gasteiger partial charge is 0.414 e. The molecular weight excluding hydrogens is 171 g/mol. The minimum absolute atomic E-state index is 0.323. The zero-order chi connectivity index (χ0) is 9.78. The third kappa shape index (κ3) is 3.58. The van der Waals surface area contributed by atoms with Crippen LogP contribution in [0.2, 0.25) is 0 Å². The van der Waals surface area contributed by atoms with Crippen molar-refractivity contribution < 1.29 is 18.3 Å². The van der Waals surface area contributed by atoms with Crippen molar-refractivity contribution in [1.29, 1.82) is 5.26 Å². The first kappa shape index (κ1) is 11.2. The fourth-order valence-electron chi connectivity index (χ4n) is 0.714. The van der Waals surface area contributed by atoms with Crippen molar-refractivity contribution in [2.45, 2.75) is 32.0 Å². The minimum atomic E-state index is -4.61. The van der Waals surface area contributed by atoms with Gasteiger partial charge in [-0.2, -0.15) is 18.4 Å². The first-order valence-corrected chi connectivity index (χ1v) is 3.56. The summed E-state index contributed by atoms with van der Waals surface area (Å²) < 4.78 is 35.2. The lowest BCUT2D eigenvalue weighted by Gasteiger charge is -2.15. The Hall–Kier alpha value is -0.760. The Morgan fingerprint density at radius 2 is 2.00 bits per heavy atom. The molecule has 0 aromatic carbocycles. The summed E-state index contributed by atoms with van der Waals surface area (Å²) in [6, 6.07) is 1.69. The molecule has 12 heavy (non-hydrogen) atoms. The molecule has 2 nitrogen and oxygen atoms in total. The average Bonchev–Trinajstić information content (AvgIpc) is 1.97. The van der Waals surface area contributed by atoms with E-state index < -0.39 is 24.6 Å². The van der Waals surface area contributed by atoms with Gasteiger partial charge in [-0.05, 0) is 12.8 Å². The van der Waals surface area contributed by atoms with Gasteiger partial charge in [-0.25, -0.2) is 0 Å². The van der Waals surface area contributed by atoms with Gasteiger partial charge in [0, 0.05) is 5.92 Å². The Morgan fingerprint density at radius 3 is 2.25 bits per heavy atom. The minimum Gasteiger partial charge on any atom is -0.384 e. The van der Waals surface area contributed by atoms with Crippen LogP contribution >= 0.6 is 0 Å². The summed E-state index contributed by atoms with van der Waals surface area (Å²) in [7, 11) is 0. The molecule has 0 saturated carbocycles.